The maximum absolute atomic E-state index is 11.9. The fourth-order valence-electron chi connectivity index (χ4n) is 2.30. The fourth-order valence-corrected chi connectivity index (χ4v) is 2.30. The van der Waals surface area contributed by atoms with Crippen molar-refractivity contribution in [3.8, 4) is 5.75 Å². The summed E-state index contributed by atoms with van der Waals surface area (Å²) < 4.78 is 5.54. The average molecular weight is 365 g/mol. The first-order chi connectivity index (χ1) is 13.1. The normalized spacial score (nSPS) is 10.8. The number of para-hydroxylation sites is 2. The molecule has 2 aromatic rings. The van der Waals surface area contributed by atoms with Gasteiger partial charge in [-0.3, -0.25) is 9.59 Å². The zero-order valence-corrected chi connectivity index (χ0v) is 15.3. The Kier molecular flexibility index (Phi) is 7.78. The molecule has 0 aromatic heterocycles. The van der Waals surface area contributed by atoms with Crippen LogP contribution in [0.1, 0.15) is 18.9 Å². The molecule has 6 nitrogen and oxygen atoms in total. The van der Waals surface area contributed by atoms with E-state index in [1.165, 1.54) is 0 Å². The number of rotatable bonds is 9. The summed E-state index contributed by atoms with van der Waals surface area (Å²) in [7, 11) is 0. The van der Waals surface area contributed by atoms with E-state index in [9.17, 15) is 9.59 Å². The van der Waals surface area contributed by atoms with Gasteiger partial charge >= 0.3 is 0 Å². The van der Waals surface area contributed by atoms with Gasteiger partial charge < -0.3 is 10.1 Å². The van der Waals surface area contributed by atoms with E-state index in [2.05, 4.69) is 22.4 Å². The van der Waals surface area contributed by atoms with Crippen LogP contribution in [0.5, 0.6) is 5.75 Å². The number of carbonyl (C=O) groups is 2. The summed E-state index contributed by atoms with van der Waals surface area (Å²) in [5, 5.41) is 6.70. The van der Waals surface area contributed by atoms with Gasteiger partial charge in [0, 0.05) is 11.4 Å². The average Bonchev–Trinajstić information content (AvgIpc) is 2.66. The number of nitrogens with one attached hydrogen (secondary N) is 2. The maximum Gasteiger partial charge on any atom is 0.277 e. The van der Waals surface area contributed by atoms with E-state index in [1.54, 1.807) is 31.2 Å². The van der Waals surface area contributed by atoms with Gasteiger partial charge in [0.1, 0.15) is 5.75 Å². The third-order valence-corrected chi connectivity index (χ3v) is 3.54. The summed E-state index contributed by atoms with van der Waals surface area (Å²) >= 11 is 0. The fraction of sp³-hybridized carbons (Fsp3) is 0.190. The summed E-state index contributed by atoms with van der Waals surface area (Å²) in [5.74, 6) is 0.0352. The van der Waals surface area contributed by atoms with Crippen LogP contribution in [0.2, 0.25) is 0 Å². The first-order valence-electron chi connectivity index (χ1n) is 8.57. The SMILES string of the molecule is C=CCc1ccccc1OCC(=O)N/N=C(\C)CC(=O)Nc1ccccc1. The topological polar surface area (TPSA) is 79.8 Å². The lowest BCUT2D eigenvalue weighted by molar-refractivity contribution is -0.123. The lowest BCUT2D eigenvalue weighted by Crippen LogP contribution is -2.26. The summed E-state index contributed by atoms with van der Waals surface area (Å²) in [4.78, 5) is 23.8. The van der Waals surface area contributed by atoms with Crippen molar-refractivity contribution in [1.29, 1.82) is 0 Å². The molecule has 0 aliphatic heterocycles. The minimum atomic E-state index is -0.397. The summed E-state index contributed by atoms with van der Waals surface area (Å²) in [6.07, 6.45) is 2.51. The van der Waals surface area contributed by atoms with E-state index in [4.69, 9.17) is 4.74 Å². The van der Waals surface area contributed by atoms with Gasteiger partial charge in [-0.1, -0.05) is 42.5 Å². The van der Waals surface area contributed by atoms with Crippen LogP contribution in [-0.4, -0.2) is 24.1 Å². The van der Waals surface area contributed by atoms with E-state index in [1.807, 2.05) is 36.4 Å². The standard InChI is InChI=1S/C21H23N3O3/c1-3-9-17-10-7-8-13-19(17)27-15-21(26)24-23-16(2)14-20(25)22-18-11-5-4-6-12-18/h3-8,10-13H,1,9,14-15H2,2H3,(H,22,25)(H,24,26)/b23-16+. The van der Waals surface area contributed by atoms with Crippen LogP contribution in [0.4, 0.5) is 5.69 Å². The van der Waals surface area contributed by atoms with Crippen LogP contribution in [0.25, 0.3) is 0 Å². The molecule has 27 heavy (non-hydrogen) atoms. The van der Waals surface area contributed by atoms with Crippen LogP contribution in [-0.2, 0) is 16.0 Å². The molecule has 0 atom stereocenters. The molecule has 2 amide bonds. The molecule has 0 aliphatic carbocycles. The van der Waals surface area contributed by atoms with Crippen molar-refractivity contribution in [3.63, 3.8) is 0 Å². The Morgan fingerprint density at radius 3 is 2.52 bits per heavy atom. The number of hydrazone groups is 1. The highest BCUT2D eigenvalue weighted by molar-refractivity contribution is 6.05. The predicted octanol–water partition coefficient (Wildman–Crippen LogP) is 3.31. The Bertz CT molecular complexity index is 816. The monoisotopic (exact) mass is 365 g/mol. The Hall–Kier alpha value is -3.41. The first-order valence-corrected chi connectivity index (χ1v) is 8.57. The molecule has 0 aliphatic rings. The van der Waals surface area contributed by atoms with Gasteiger partial charge in [-0.25, -0.2) is 5.43 Å². The van der Waals surface area contributed by atoms with Crippen molar-refractivity contribution in [2.24, 2.45) is 5.10 Å². The molecule has 140 valence electrons. The minimum absolute atomic E-state index is 0.0815. The van der Waals surface area contributed by atoms with Crippen LogP contribution >= 0.6 is 0 Å². The van der Waals surface area contributed by atoms with Crippen molar-refractivity contribution in [3.05, 3.63) is 72.8 Å². The van der Waals surface area contributed by atoms with E-state index in [-0.39, 0.29) is 18.9 Å². The second-order valence-corrected chi connectivity index (χ2v) is 5.86. The van der Waals surface area contributed by atoms with Crippen LogP contribution in [0, 0.1) is 0 Å². The van der Waals surface area contributed by atoms with E-state index < -0.39 is 5.91 Å². The number of anilines is 1. The van der Waals surface area contributed by atoms with Crippen molar-refractivity contribution in [1.82, 2.24) is 5.43 Å². The molecular formula is C21H23N3O3. The van der Waals surface area contributed by atoms with E-state index in [0.717, 1.165) is 5.56 Å². The second-order valence-electron chi connectivity index (χ2n) is 5.86. The van der Waals surface area contributed by atoms with Gasteiger partial charge in [-0.2, -0.15) is 5.10 Å². The lowest BCUT2D eigenvalue weighted by Gasteiger charge is -2.09. The minimum Gasteiger partial charge on any atom is -0.483 e. The molecule has 0 spiro atoms. The third-order valence-electron chi connectivity index (χ3n) is 3.54. The molecule has 0 radical (unpaired) electrons. The third kappa shape index (κ3) is 7.15. The quantitative estimate of drug-likeness (QED) is 0.406. The van der Waals surface area contributed by atoms with Gasteiger partial charge in [0.15, 0.2) is 6.61 Å². The number of allylic oxidation sites excluding steroid dienone is 1. The molecule has 0 unspecified atom stereocenters. The highest BCUT2D eigenvalue weighted by atomic mass is 16.5. The highest BCUT2D eigenvalue weighted by Crippen LogP contribution is 2.18. The molecule has 0 fully saturated rings. The summed E-state index contributed by atoms with van der Waals surface area (Å²) in [6.45, 7) is 5.21. The van der Waals surface area contributed by atoms with Gasteiger partial charge in [0.2, 0.25) is 5.91 Å². The Morgan fingerprint density at radius 2 is 1.78 bits per heavy atom. The molecule has 0 bridgehead atoms. The molecular weight excluding hydrogens is 342 g/mol. The van der Waals surface area contributed by atoms with Gasteiger partial charge in [-0.15, -0.1) is 6.58 Å². The lowest BCUT2D eigenvalue weighted by atomic mass is 10.1. The van der Waals surface area contributed by atoms with Crippen molar-refractivity contribution >= 4 is 23.2 Å². The molecule has 0 saturated heterocycles. The molecule has 0 heterocycles. The number of ether oxygens (including phenoxy) is 1. The molecule has 0 saturated carbocycles. The number of benzene rings is 2. The van der Waals surface area contributed by atoms with Crippen molar-refractivity contribution < 1.29 is 14.3 Å². The number of amides is 2. The number of carbonyl (C=O) groups excluding carboxylic acids is 2. The maximum atomic E-state index is 11.9. The van der Waals surface area contributed by atoms with Crippen LogP contribution in [0.3, 0.4) is 0 Å². The highest BCUT2D eigenvalue weighted by Gasteiger charge is 2.07. The van der Waals surface area contributed by atoms with E-state index in [0.29, 0.717) is 23.6 Å². The summed E-state index contributed by atoms with van der Waals surface area (Å²) in [6, 6.07) is 16.6. The van der Waals surface area contributed by atoms with Crippen LogP contribution < -0.4 is 15.5 Å². The molecule has 2 rings (SSSR count). The molecule has 2 aromatic carbocycles. The zero-order valence-electron chi connectivity index (χ0n) is 15.3. The Labute approximate surface area is 158 Å². The van der Waals surface area contributed by atoms with Gasteiger partial charge in [0.05, 0.1) is 6.42 Å². The second kappa shape index (κ2) is 10.6. The Balaban J connectivity index is 1.78. The van der Waals surface area contributed by atoms with Gasteiger partial charge in [0.25, 0.3) is 5.91 Å². The largest absolute Gasteiger partial charge is 0.483 e. The van der Waals surface area contributed by atoms with Crippen molar-refractivity contribution in [2.45, 2.75) is 19.8 Å². The summed E-state index contributed by atoms with van der Waals surface area (Å²) in [5.41, 5.74) is 4.56. The number of nitrogens with zero attached hydrogens (tertiary/aromatic N) is 1. The van der Waals surface area contributed by atoms with Crippen molar-refractivity contribution in [2.75, 3.05) is 11.9 Å². The number of hydrogen-bond acceptors (Lipinski definition) is 4. The molecule has 2 N–H and O–H groups in total. The Morgan fingerprint density at radius 1 is 1.07 bits per heavy atom. The van der Waals surface area contributed by atoms with Crippen LogP contribution in [0.15, 0.2) is 72.4 Å². The molecule has 6 heteroatoms. The van der Waals surface area contributed by atoms with Gasteiger partial charge in [-0.05, 0) is 37.1 Å². The first kappa shape index (κ1) is 19.9. The smallest absolute Gasteiger partial charge is 0.277 e. The zero-order chi connectivity index (χ0) is 19.5. The van der Waals surface area contributed by atoms with E-state index >= 15 is 0 Å². The number of hydrogen-bond donors (Lipinski definition) is 2. The predicted molar refractivity (Wildman–Crippen MR) is 107 cm³/mol.